The SMILES string of the molecule is CC(=O)N[C@@H](CS)C(=O)O.CC(S)C(=O)O. The number of carboxylic acids is 2. The summed E-state index contributed by atoms with van der Waals surface area (Å²) in [7, 11) is 0. The summed E-state index contributed by atoms with van der Waals surface area (Å²) in [5.74, 6) is -2.19. The van der Waals surface area contributed by atoms with Gasteiger partial charge in [-0.1, -0.05) is 0 Å². The van der Waals surface area contributed by atoms with Crippen LogP contribution in [0.4, 0.5) is 0 Å². The molecule has 0 aromatic rings. The quantitative estimate of drug-likeness (QED) is 0.458. The number of aliphatic carboxylic acids is 2. The van der Waals surface area contributed by atoms with Crippen LogP contribution in [0.3, 0.4) is 0 Å². The molecule has 1 unspecified atom stereocenters. The molecule has 0 bridgehead atoms. The third-order valence-corrected chi connectivity index (χ3v) is 1.80. The van der Waals surface area contributed by atoms with E-state index in [-0.39, 0.29) is 11.7 Å². The number of carbonyl (C=O) groups excluding carboxylic acids is 1. The van der Waals surface area contributed by atoms with Crippen molar-refractivity contribution in [1.82, 2.24) is 5.32 Å². The fraction of sp³-hybridized carbons (Fsp3) is 0.625. The Labute approximate surface area is 104 Å². The van der Waals surface area contributed by atoms with Gasteiger partial charge in [0.1, 0.15) is 6.04 Å². The monoisotopic (exact) mass is 269 g/mol. The van der Waals surface area contributed by atoms with E-state index in [0.29, 0.717) is 0 Å². The van der Waals surface area contributed by atoms with E-state index >= 15 is 0 Å². The normalized spacial score (nSPS) is 12.8. The lowest BCUT2D eigenvalue weighted by atomic mass is 10.3. The van der Waals surface area contributed by atoms with Crippen LogP contribution in [-0.4, -0.2) is 45.1 Å². The van der Waals surface area contributed by atoms with Gasteiger partial charge in [-0.15, -0.1) is 0 Å². The van der Waals surface area contributed by atoms with Gasteiger partial charge in [-0.2, -0.15) is 25.3 Å². The largest absolute Gasteiger partial charge is 0.480 e. The van der Waals surface area contributed by atoms with E-state index in [2.05, 4.69) is 30.6 Å². The summed E-state index contributed by atoms with van der Waals surface area (Å²) in [6, 6.07) is -0.874. The molecule has 0 aliphatic heterocycles. The molecule has 1 amide bonds. The molecule has 2 atom stereocenters. The predicted octanol–water partition coefficient (Wildman–Crippen LogP) is -0.105. The number of rotatable bonds is 4. The molecule has 0 aromatic heterocycles. The summed E-state index contributed by atoms with van der Waals surface area (Å²) in [5, 5.41) is 17.9. The molecule has 0 saturated heterocycles. The molecule has 0 spiro atoms. The van der Waals surface area contributed by atoms with Gasteiger partial charge in [-0.05, 0) is 6.92 Å². The first-order chi connectivity index (χ1) is 7.22. The smallest absolute Gasteiger partial charge is 0.327 e. The zero-order valence-corrected chi connectivity index (χ0v) is 10.7. The van der Waals surface area contributed by atoms with Gasteiger partial charge < -0.3 is 15.5 Å². The fourth-order valence-electron chi connectivity index (χ4n) is 0.431. The Hall–Kier alpha value is -0.890. The lowest BCUT2D eigenvalue weighted by Crippen LogP contribution is -2.40. The van der Waals surface area contributed by atoms with Gasteiger partial charge in [-0.3, -0.25) is 9.59 Å². The maximum absolute atomic E-state index is 10.3. The van der Waals surface area contributed by atoms with Crippen molar-refractivity contribution in [2.24, 2.45) is 0 Å². The second-order valence-electron chi connectivity index (χ2n) is 2.79. The molecule has 8 heteroatoms. The number of hydrogen-bond donors (Lipinski definition) is 5. The van der Waals surface area contributed by atoms with Crippen molar-refractivity contribution in [3.8, 4) is 0 Å². The molecule has 16 heavy (non-hydrogen) atoms. The molecule has 0 aliphatic carbocycles. The molecule has 0 fully saturated rings. The first-order valence-electron chi connectivity index (χ1n) is 4.24. The van der Waals surface area contributed by atoms with Crippen molar-refractivity contribution < 1.29 is 24.6 Å². The molecular formula is C8H15NO5S2. The van der Waals surface area contributed by atoms with Gasteiger partial charge in [0.15, 0.2) is 0 Å². The van der Waals surface area contributed by atoms with Gasteiger partial charge in [-0.25, -0.2) is 4.79 Å². The Kier molecular flexibility index (Phi) is 10.2. The Morgan fingerprint density at radius 1 is 1.25 bits per heavy atom. The molecule has 0 heterocycles. The number of carboxylic acid groups (broad SMARTS) is 2. The van der Waals surface area contributed by atoms with Crippen molar-refractivity contribution in [3.05, 3.63) is 0 Å². The van der Waals surface area contributed by atoms with E-state index in [9.17, 15) is 14.4 Å². The van der Waals surface area contributed by atoms with Crippen molar-refractivity contribution in [2.75, 3.05) is 5.75 Å². The third kappa shape index (κ3) is 11.2. The zero-order chi connectivity index (χ0) is 13.3. The van der Waals surface area contributed by atoms with Crippen molar-refractivity contribution in [1.29, 1.82) is 0 Å². The van der Waals surface area contributed by atoms with Gasteiger partial charge >= 0.3 is 11.9 Å². The Bertz CT molecular complexity index is 257. The maximum Gasteiger partial charge on any atom is 0.327 e. The van der Waals surface area contributed by atoms with Gasteiger partial charge in [0.25, 0.3) is 0 Å². The minimum atomic E-state index is -1.06. The number of hydrogen-bond acceptors (Lipinski definition) is 5. The summed E-state index contributed by atoms with van der Waals surface area (Å²) in [5.41, 5.74) is 0. The topological polar surface area (TPSA) is 104 Å². The summed E-state index contributed by atoms with van der Waals surface area (Å²) >= 11 is 7.33. The summed E-state index contributed by atoms with van der Waals surface area (Å²) in [6.45, 7) is 2.77. The molecule has 0 aliphatic rings. The lowest BCUT2D eigenvalue weighted by molar-refractivity contribution is -0.140. The molecule has 3 N–H and O–H groups in total. The van der Waals surface area contributed by atoms with Crippen molar-refractivity contribution in [3.63, 3.8) is 0 Å². The second-order valence-corrected chi connectivity index (χ2v) is 3.93. The van der Waals surface area contributed by atoms with Crippen LogP contribution in [0, 0.1) is 0 Å². The van der Waals surface area contributed by atoms with E-state index in [1.54, 1.807) is 0 Å². The van der Waals surface area contributed by atoms with Crippen molar-refractivity contribution in [2.45, 2.75) is 25.1 Å². The number of amides is 1. The van der Waals surface area contributed by atoms with Crippen LogP contribution < -0.4 is 5.32 Å². The highest BCUT2D eigenvalue weighted by Gasteiger charge is 2.15. The summed E-state index contributed by atoms with van der Waals surface area (Å²) in [4.78, 5) is 30.1. The average Bonchev–Trinajstić information content (AvgIpc) is 2.14. The Balaban J connectivity index is 0. The van der Waals surface area contributed by atoms with E-state index in [0.717, 1.165) is 0 Å². The maximum atomic E-state index is 10.3. The Morgan fingerprint density at radius 3 is 1.69 bits per heavy atom. The predicted molar refractivity (Wildman–Crippen MR) is 65.2 cm³/mol. The van der Waals surface area contributed by atoms with Gasteiger partial charge in [0.2, 0.25) is 5.91 Å². The van der Waals surface area contributed by atoms with Crippen LogP contribution in [0.25, 0.3) is 0 Å². The molecular weight excluding hydrogens is 254 g/mol. The highest BCUT2D eigenvalue weighted by Crippen LogP contribution is 1.88. The summed E-state index contributed by atoms with van der Waals surface area (Å²) < 4.78 is 0. The number of carbonyl (C=O) groups is 3. The first kappa shape index (κ1) is 17.5. The minimum absolute atomic E-state index is 0.106. The Morgan fingerprint density at radius 2 is 1.62 bits per heavy atom. The summed E-state index contributed by atoms with van der Waals surface area (Å²) in [6.07, 6.45) is 0. The molecule has 6 nitrogen and oxygen atoms in total. The van der Waals surface area contributed by atoms with Gasteiger partial charge in [0, 0.05) is 12.7 Å². The molecule has 0 radical (unpaired) electrons. The van der Waals surface area contributed by atoms with E-state index in [4.69, 9.17) is 10.2 Å². The highest BCUT2D eigenvalue weighted by atomic mass is 32.1. The minimum Gasteiger partial charge on any atom is -0.480 e. The molecule has 0 rings (SSSR count). The van der Waals surface area contributed by atoms with Crippen molar-refractivity contribution >= 4 is 43.1 Å². The first-order valence-corrected chi connectivity index (χ1v) is 5.38. The highest BCUT2D eigenvalue weighted by molar-refractivity contribution is 7.81. The lowest BCUT2D eigenvalue weighted by Gasteiger charge is -2.08. The van der Waals surface area contributed by atoms with E-state index < -0.39 is 23.2 Å². The fourth-order valence-corrected chi connectivity index (χ4v) is 0.678. The molecule has 0 saturated carbocycles. The average molecular weight is 269 g/mol. The number of nitrogens with one attached hydrogen (secondary N) is 1. The van der Waals surface area contributed by atoms with Crippen LogP contribution in [0.5, 0.6) is 0 Å². The third-order valence-electron chi connectivity index (χ3n) is 1.22. The van der Waals surface area contributed by atoms with Crippen LogP contribution >= 0.6 is 25.3 Å². The van der Waals surface area contributed by atoms with Crippen LogP contribution in [-0.2, 0) is 14.4 Å². The van der Waals surface area contributed by atoms with Gasteiger partial charge in [0.05, 0.1) is 5.25 Å². The van der Waals surface area contributed by atoms with E-state index in [1.807, 2.05) is 0 Å². The van der Waals surface area contributed by atoms with Crippen LogP contribution in [0.2, 0.25) is 0 Å². The second kappa shape index (κ2) is 9.34. The van der Waals surface area contributed by atoms with Crippen LogP contribution in [0.15, 0.2) is 0 Å². The molecule has 0 aromatic carbocycles. The molecule has 94 valence electrons. The number of thiol groups is 2. The standard InChI is InChI=1S/C5H9NO3S.C3H6O2S/c1-3(7)6-4(2-10)5(8)9;1-2(6)3(4)5/h4,10H,2H2,1H3,(H,6,7)(H,8,9);2,6H,1H3,(H,4,5)/t4-;/m0./s1. The zero-order valence-electron chi connectivity index (χ0n) is 8.88. The van der Waals surface area contributed by atoms with E-state index in [1.165, 1.54) is 13.8 Å². The van der Waals surface area contributed by atoms with Crippen LogP contribution in [0.1, 0.15) is 13.8 Å².